The summed E-state index contributed by atoms with van der Waals surface area (Å²) in [5.41, 5.74) is 3.69. The van der Waals surface area contributed by atoms with Crippen molar-refractivity contribution in [2.75, 3.05) is 0 Å². The van der Waals surface area contributed by atoms with E-state index in [0.717, 1.165) is 43.5 Å². The molecule has 2 rings (SSSR count). The summed E-state index contributed by atoms with van der Waals surface area (Å²) in [4.78, 5) is 4.75. The molecule has 0 aliphatic carbocycles. The molecule has 0 aliphatic rings. The number of nitrogens with zero attached hydrogens (tertiary/aromatic N) is 1. The average molecular weight is 414 g/mol. The van der Waals surface area contributed by atoms with Gasteiger partial charge in [-0.25, -0.2) is 4.98 Å². The molecule has 0 atom stereocenters. The van der Waals surface area contributed by atoms with Gasteiger partial charge in [-0.1, -0.05) is 39.0 Å². The van der Waals surface area contributed by atoms with Crippen molar-refractivity contribution in [2.45, 2.75) is 78.3 Å². The molecule has 0 spiro atoms. The zero-order valence-electron chi connectivity index (χ0n) is 18.4. The lowest BCUT2D eigenvalue weighted by Crippen LogP contribution is -2.25. The van der Waals surface area contributed by atoms with Crippen molar-refractivity contribution < 1.29 is 20.1 Å². The zero-order chi connectivity index (χ0) is 22.0. The standard InChI is InChI=1S/C25H35NO4/c1-4-19(9-8-14-25(29,5-2)6-3)24-11-7-10-22(26-24)18-30-23-13-12-20(16-27)21(15-23)17-28/h7,9-13,15,27-29H,4-6,8,14,16-18H2,1-3H3. The summed E-state index contributed by atoms with van der Waals surface area (Å²) < 4.78 is 5.85. The minimum absolute atomic E-state index is 0.111. The maximum Gasteiger partial charge on any atom is 0.130 e. The topological polar surface area (TPSA) is 82.8 Å². The first-order valence-corrected chi connectivity index (χ1v) is 10.8. The normalized spacial score (nSPS) is 12.3. The van der Waals surface area contributed by atoms with E-state index in [0.29, 0.717) is 23.5 Å². The average Bonchev–Trinajstić information content (AvgIpc) is 2.80. The molecule has 2 aromatic rings. The largest absolute Gasteiger partial charge is 0.487 e. The van der Waals surface area contributed by atoms with E-state index in [1.54, 1.807) is 18.2 Å². The second-order valence-electron chi connectivity index (χ2n) is 7.60. The van der Waals surface area contributed by atoms with E-state index < -0.39 is 5.60 Å². The summed E-state index contributed by atoms with van der Waals surface area (Å²) >= 11 is 0. The molecule has 30 heavy (non-hydrogen) atoms. The Labute approximate surface area is 180 Å². The molecular weight excluding hydrogens is 378 g/mol. The van der Waals surface area contributed by atoms with Crippen LogP contribution in [0.4, 0.5) is 0 Å². The number of benzene rings is 1. The van der Waals surface area contributed by atoms with Crippen LogP contribution >= 0.6 is 0 Å². The summed E-state index contributed by atoms with van der Waals surface area (Å²) in [7, 11) is 0. The number of hydrogen-bond donors (Lipinski definition) is 3. The number of aliphatic hydroxyl groups is 3. The number of aromatic nitrogens is 1. The van der Waals surface area contributed by atoms with Crippen LogP contribution in [0.5, 0.6) is 5.75 Å². The number of pyridine rings is 1. The monoisotopic (exact) mass is 413 g/mol. The molecule has 1 heterocycles. The predicted molar refractivity (Wildman–Crippen MR) is 120 cm³/mol. The number of allylic oxidation sites excluding steroid dienone is 2. The summed E-state index contributed by atoms with van der Waals surface area (Å²) in [6.45, 7) is 6.23. The van der Waals surface area contributed by atoms with Crippen LogP contribution in [-0.2, 0) is 19.8 Å². The lowest BCUT2D eigenvalue weighted by molar-refractivity contribution is 0.0246. The second kappa shape index (κ2) is 11.8. The Bertz CT molecular complexity index is 828. The van der Waals surface area contributed by atoms with Gasteiger partial charge in [0.05, 0.1) is 30.2 Å². The summed E-state index contributed by atoms with van der Waals surface area (Å²) in [5, 5.41) is 29.2. The first kappa shape index (κ1) is 24.1. The van der Waals surface area contributed by atoms with Gasteiger partial charge in [-0.15, -0.1) is 0 Å². The quantitative estimate of drug-likeness (QED) is 0.467. The van der Waals surface area contributed by atoms with Crippen molar-refractivity contribution >= 4 is 5.57 Å². The van der Waals surface area contributed by atoms with Gasteiger partial charge in [0.25, 0.3) is 0 Å². The fourth-order valence-corrected chi connectivity index (χ4v) is 3.44. The predicted octanol–water partition coefficient (Wildman–Crippen LogP) is 4.77. The van der Waals surface area contributed by atoms with Gasteiger partial charge in [0, 0.05) is 0 Å². The zero-order valence-corrected chi connectivity index (χ0v) is 18.4. The molecule has 0 amide bonds. The second-order valence-corrected chi connectivity index (χ2v) is 7.60. The van der Waals surface area contributed by atoms with Crippen LogP contribution in [0.15, 0.2) is 42.5 Å². The Balaban J connectivity index is 2.06. The molecule has 0 aliphatic heterocycles. The highest BCUT2D eigenvalue weighted by Gasteiger charge is 2.20. The third-order valence-electron chi connectivity index (χ3n) is 5.74. The Hall–Kier alpha value is -2.21. The molecule has 0 saturated heterocycles. The number of aliphatic hydroxyl groups excluding tert-OH is 2. The lowest BCUT2D eigenvalue weighted by atomic mass is 9.91. The van der Waals surface area contributed by atoms with Crippen LogP contribution < -0.4 is 4.74 Å². The first-order chi connectivity index (χ1) is 14.5. The molecule has 0 radical (unpaired) electrons. The van der Waals surface area contributed by atoms with E-state index in [2.05, 4.69) is 13.0 Å². The highest BCUT2D eigenvalue weighted by atomic mass is 16.5. The van der Waals surface area contributed by atoms with Gasteiger partial charge in [-0.2, -0.15) is 0 Å². The van der Waals surface area contributed by atoms with Gasteiger partial charge >= 0.3 is 0 Å². The van der Waals surface area contributed by atoms with E-state index in [-0.39, 0.29) is 13.2 Å². The molecule has 5 nitrogen and oxygen atoms in total. The molecule has 1 aromatic carbocycles. The molecule has 0 unspecified atom stereocenters. The molecular formula is C25H35NO4. The maximum absolute atomic E-state index is 10.5. The Kier molecular flexibility index (Phi) is 9.50. The molecule has 0 saturated carbocycles. The van der Waals surface area contributed by atoms with Crippen LogP contribution in [-0.4, -0.2) is 25.9 Å². The summed E-state index contributed by atoms with van der Waals surface area (Å²) in [6, 6.07) is 11.2. The minimum Gasteiger partial charge on any atom is -0.487 e. The van der Waals surface area contributed by atoms with Gasteiger partial charge in [-0.05, 0) is 73.1 Å². The van der Waals surface area contributed by atoms with Crippen molar-refractivity contribution in [1.29, 1.82) is 0 Å². The van der Waals surface area contributed by atoms with Crippen molar-refractivity contribution in [3.05, 3.63) is 65.0 Å². The van der Waals surface area contributed by atoms with Crippen LogP contribution in [0, 0.1) is 0 Å². The molecule has 0 bridgehead atoms. The minimum atomic E-state index is -0.586. The van der Waals surface area contributed by atoms with Crippen molar-refractivity contribution in [3.63, 3.8) is 0 Å². The molecule has 164 valence electrons. The van der Waals surface area contributed by atoms with Crippen LogP contribution in [0.1, 0.15) is 75.4 Å². The molecule has 3 N–H and O–H groups in total. The Morgan fingerprint density at radius 3 is 2.40 bits per heavy atom. The number of rotatable bonds is 12. The van der Waals surface area contributed by atoms with Crippen molar-refractivity contribution in [1.82, 2.24) is 4.98 Å². The summed E-state index contributed by atoms with van der Waals surface area (Å²) in [6.07, 6.45) is 6.16. The van der Waals surface area contributed by atoms with Gasteiger partial charge in [-0.3, -0.25) is 0 Å². The smallest absolute Gasteiger partial charge is 0.130 e. The Morgan fingerprint density at radius 2 is 1.77 bits per heavy atom. The fourth-order valence-electron chi connectivity index (χ4n) is 3.44. The molecule has 1 aromatic heterocycles. The third-order valence-corrected chi connectivity index (χ3v) is 5.74. The van der Waals surface area contributed by atoms with E-state index in [1.165, 1.54) is 5.57 Å². The third kappa shape index (κ3) is 6.66. The van der Waals surface area contributed by atoms with E-state index >= 15 is 0 Å². The van der Waals surface area contributed by atoms with Gasteiger partial charge in [0.2, 0.25) is 0 Å². The van der Waals surface area contributed by atoms with Gasteiger partial charge < -0.3 is 20.1 Å². The summed E-state index contributed by atoms with van der Waals surface area (Å²) in [5.74, 6) is 0.633. The first-order valence-electron chi connectivity index (χ1n) is 10.8. The van der Waals surface area contributed by atoms with E-state index in [9.17, 15) is 15.3 Å². The van der Waals surface area contributed by atoms with Gasteiger partial charge in [0.1, 0.15) is 12.4 Å². The maximum atomic E-state index is 10.5. The highest BCUT2D eigenvalue weighted by Crippen LogP contribution is 2.24. The SMILES string of the molecule is CCC(=CCCC(O)(CC)CC)c1cccc(COc2ccc(CO)c(CO)c2)n1. The number of ether oxygens (including phenoxy) is 1. The fraction of sp³-hybridized carbons (Fsp3) is 0.480. The van der Waals surface area contributed by atoms with Crippen LogP contribution in [0.2, 0.25) is 0 Å². The van der Waals surface area contributed by atoms with E-state index in [4.69, 9.17) is 9.72 Å². The van der Waals surface area contributed by atoms with Crippen molar-refractivity contribution in [2.24, 2.45) is 0 Å². The highest BCUT2D eigenvalue weighted by molar-refractivity contribution is 5.62. The van der Waals surface area contributed by atoms with E-state index in [1.807, 2.05) is 32.0 Å². The number of hydrogen-bond acceptors (Lipinski definition) is 5. The van der Waals surface area contributed by atoms with Crippen LogP contribution in [0.3, 0.4) is 0 Å². The molecule has 5 heteroatoms. The Morgan fingerprint density at radius 1 is 1.03 bits per heavy atom. The lowest BCUT2D eigenvalue weighted by Gasteiger charge is -2.24. The van der Waals surface area contributed by atoms with Crippen molar-refractivity contribution in [3.8, 4) is 5.75 Å². The van der Waals surface area contributed by atoms with Crippen LogP contribution in [0.25, 0.3) is 5.57 Å². The molecule has 0 fully saturated rings. The van der Waals surface area contributed by atoms with Gasteiger partial charge in [0.15, 0.2) is 0 Å².